The quantitative estimate of drug-likeness (QED) is 0.445. The molecule has 0 bridgehead atoms. The summed E-state index contributed by atoms with van der Waals surface area (Å²) < 4.78 is 0. The van der Waals surface area contributed by atoms with Crippen molar-refractivity contribution in [2.24, 2.45) is 5.73 Å². The molecule has 0 saturated heterocycles. The first kappa shape index (κ1) is 24.5. The van der Waals surface area contributed by atoms with E-state index in [1.165, 1.54) is 11.1 Å². The highest BCUT2D eigenvalue weighted by Gasteiger charge is 2.28. The Kier molecular flexibility index (Phi) is 9.34. The molecule has 0 aliphatic heterocycles. The lowest BCUT2D eigenvalue weighted by molar-refractivity contribution is 0.827. The van der Waals surface area contributed by atoms with Crippen molar-refractivity contribution in [2.45, 2.75) is 83.9 Å². The highest BCUT2D eigenvalue weighted by molar-refractivity contribution is 7.67. The monoisotopic (exact) mass is 429 g/mol. The van der Waals surface area contributed by atoms with Crippen molar-refractivity contribution in [1.82, 2.24) is 0 Å². The van der Waals surface area contributed by atoms with E-state index in [-0.39, 0.29) is 21.8 Å². The molecular formula is C26H41NP2. The van der Waals surface area contributed by atoms with Crippen LogP contribution in [0.1, 0.15) is 72.4 Å². The standard InChI is InChI=1S/C26H41NP2/c1-18(2)28(19(3)4)25-15-11-9-13-22(25)24(17-27)23-14-10-12-16-26(23)29(20(5)6)21(7)8/h9-16,18-21,24H,17,27H2,1-8H3. The minimum absolute atomic E-state index is 0.223. The first-order chi connectivity index (χ1) is 13.7. The summed E-state index contributed by atoms with van der Waals surface area (Å²) in [7, 11) is -0.446. The number of hydrogen-bond donors (Lipinski definition) is 1. The van der Waals surface area contributed by atoms with Crippen LogP contribution in [0.5, 0.6) is 0 Å². The number of hydrogen-bond acceptors (Lipinski definition) is 1. The maximum absolute atomic E-state index is 6.49. The third kappa shape index (κ3) is 5.70. The third-order valence-electron chi connectivity index (χ3n) is 5.64. The highest BCUT2D eigenvalue weighted by Crippen LogP contribution is 2.49. The SMILES string of the molecule is CC(C)P(c1ccccc1C(CN)c1ccccc1P(C(C)C)C(C)C)C(C)C. The van der Waals surface area contributed by atoms with Crippen LogP contribution in [0, 0.1) is 0 Å². The van der Waals surface area contributed by atoms with Gasteiger partial charge in [0.25, 0.3) is 0 Å². The van der Waals surface area contributed by atoms with Crippen LogP contribution in [0.25, 0.3) is 0 Å². The number of rotatable bonds is 9. The average molecular weight is 430 g/mol. The predicted octanol–water partition coefficient (Wildman–Crippen LogP) is 6.63. The topological polar surface area (TPSA) is 26.0 Å². The molecule has 29 heavy (non-hydrogen) atoms. The van der Waals surface area contributed by atoms with E-state index in [1.807, 2.05) is 0 Å². The van der Waals surface area contributed by atoms with Crippen molar-refractivity contribution >= 4 is 26.5 Å². The molecule has 3 heteroatoms. The molecule has 2 aromatic carbocycles. The van der Waals surface area contributed by atoms with Gasteiger partial charge in [0.15, 0.2) is 0 Å². The van der Waals surface area contributed by atoms with Gasteiger partial charge in [0.2, 0.25) is 0 Å². The Morgan fingerprint density at radius 3 is 1.17 bits per heavy atom. The van der Waals surface area contributed by atoms with E-state index in [0.29, 0.717) is 29.2 Å². The molecule has 0 fully saturated rings. The first-order valence-corrected chi connectivity index (χ1v) is 14.1. The molecule has 0 heterocycles. The molecule has 2 aromatic rings. The lowest BCUT2D eigenvalue weighted by atomic mass is 9.91. The average Bonchev–Trinajstić information content (AvgIpc) is 2.63. The van der Waals surface area contributed by atoms with E-state index >= 15 is 0 Å². The van der Waals surface area contributed by atoms with Crippen LogP contribution < -0.4 is 16.3 Å². The third-order valence-corrected chi connectivity index (χ3v) is 12.0. The van der Waals surface area contributed by atoms with Gasteiger partial charge >= 0.3 is 0 Å². The fraction of sp³-hybridized carbons (Fsp3) is 0.538. The molecule has 0 aromatic heterocycles. The van der Waals surface area contributed by atoms with Crippen molar-refractivity contribution in [3.63, 3.8) is 0 Å². The molecule has 160 valence electrons. The van der Waals surface area contributed by atoms with E-state index in [2.05, 4.69) is 104 Å². The summed E-state index contributed by atoms with van der Waals surface area (Å²) in [5.74, 6) is 0.271. The molecule has 0 amide bonds. The second kappa shape index (κ2) is 11.0. The van der Waals surface area contributed by atoms with Gasteiger partial charge in [-0.1, -0.05) is 120 Å². The number of nitrogens with two attached hydrogens (primary N) is 1. The summed E-state index contributed by atoms with van der Waals surface area (Å²) in [6.45, 7) is 19.7. The van der Waals surface area contributed by atoms with Crippen LogP contribution in [-0.4, -0.2) is 29.2 Å². The Labute approximate surface area is 182 Å². The van der Waals surface area contributed by atoms with E-state index in [1.54, 1.807) is 10.6 Å². The van der Waals surface area contributed by atoms with Gasteiger partial charge in [0.1, 0.15) is 0 Å². The summed E-state index contributed by atoms with van der Waals surface area (Å²) in [5, 5.41) is 3.10. The second-order valence-electron chi connectivity index (χ2n) is 9.10. The lowest BCUT2D eigenvalue weighted by Gasteiger charge is -2.33. The Balaban J connectivity index is 2.66. The van der Waals surface area contributed by atoms with Gasteiger partial charge in [0, 0.05) is 12.5 Å². The van der Waals surface area contributed by atoms with Gasteiger partial charge < -0.3 is 5.73 Å². The van der Waals surface area contributed by atoms with Gasteiger partial charge in [0.05, 0.1) is 0 Å². The zero-order chi connectivity index (χ0) is 21.7. The van der Waals surface area contributed by atoms with Crippen LogP contribution in [0.2, 0.25) is 0 Å². The van der Waals surface area contributed by atoms with Crippen molar-refractivity contribution in [3.8, 4) is 0 Å². The molecule has 0 spiro atoms. The van der Waals surface area contributed by atoms with Crippen LogP contribution in [0.4, 0.5) is 0 Å². The van der Waals surface area contributed by atoms with Crippen molar-refractivity contribution in [1.29, 1.82) is 0 Å². The minimum Gasteiger partial charge on any atom is -0.330 e. The fourth-order valence-corrected chi connectivity index (χ4v) is 10.9. The molecule has 0 atom stereocenters. The van der Waals surface area contributed by atoms with Gasteiger partial charge in [-0.2, -0.15) is 0 Å². The fourth-order valence-electron chi connectivity index (χ4n) is 4.76. The van der Waals surface area contributed by atoms with Gasteiger partial charge in [-0.15, -0.1) is 0 Å². The van der Waals surface area contributed by atoms with Crippen LogP contribution in [0.15, 0.2) is 48.5 Å². The zero-order valence-electron chi connectivity index (χ0n) is 19.7. The summed E-state index contributed by atoms with van der Waals surface area (Å²) in [6.07, 6.45) is 0. The summed E-state index contributed by atoms with van der Waals surface area (Å²) in [5.41, 5.74) is 12.1. The van der Waals surface area contributed by atoms with Crippen LogP contribution >= 0.6 is 15.8 Å². The normalized spacial score (nSPS) is 12.6. The molecule has 0 unspecified atom stereocenters. The summed E-state index contributed by atoms with van der Waals surface area (Å²) >= 11 is 0. The molecular weight excluding hydrogens is 388 g/mol. The first-order valence-electron chi connectivity index (χ1n) is 11.1. The molecule has 2 N–H and O–H groups in total. The maximum Gasteiger partial charge on any atom is 0.0225 e. The van der Waals surface area contributed by atoms with Gasteiger partial charge in [-0.05, 0) is 44.4 Å². The molecule has 1 nitrogen and oxygen atoms in total. The molecule has 2 rings (SSSR count). The van der Waals surface area contributed by atoms with Crippen molar-refractivity contribution in [2.75, 3.05) is 6.54 Å². The Morgan fingerprint density at radius 2 is 0.897 bits per heavy atom. The Morgan fingerprint density at radius 1 is 0.586 bits per heavy atom. The van der Waals surface area contributed by atoms with Crippen molar-refractivity contribution < 1.29 is 0 Å². The Bertz CT molecular complexity index is 687. The number of benzene rings is 2. The molecule has 0 aliphatic rings. The molecule has 0 radical (unpaired) electrons. The van der Waals surface area contributed by atoms with E-state index in [4.69, 9.17) is 5.73 Å². The minimum atomic E-state index is -0.223. The molecule has 0 aliphatic carbocycles. The second-order valence-corrected chi connectivity index (χ2v) is 15.8. The van der Waals surface area contributed by atoms with E-state index in [0.717, 1.165) is 0 Å². The molecule has 0 saturated carbocycles. The van der Waals surface area contributed by atoms with Crippen LogP contribution in [-0.2, 0) is 0 Å². The summed E-state index contributed by atoms with van der Waals surface area (Å²) in [4.78, 5) is 0. The largest absolute Gasteiger partial charge is 0.330 e. The zero-order valence-corrected chi connectivity index (χ0v) is 21.5. The summed E-state index contributed by atoms with van der Waals surface area (Å²) in [6, 6.07) is 18.3. The van der Waals surface area contributed by atoms with Crippen LogP contribution in [0.3, 0.4) is 0 Å². The Hall–Kier alpha value is -0.740. The smallest absolute Gasteiger partial charge is 0.0225 e. The predicted molar refractivity (Wildman–Crippen MR) is 137 cm³/mol. The highest BCUT2D eigenvalue weighted by atomic mass is 31.1. The van der Waals surface area contributed by atoms with Gasteiger partial charge in [-0.3, -0.25) is 0 Å². The van der Waals surface area contributed by atoms with Gasteiger partial charge in [-0.25, -0.2) is 0 Å². The van der Waals surface area contributed by atoms with Crippen molar-refractivity contribution in [3.05, 3.63) is 59.7 Å². The lowest BCUT2D eigenvalue weighted by Crippen LogP contribution is -2.28. The van der Waals surface area contributed by atoms with E-state index in [9.17, 15) is 0 Å². The van der Waals surface area contributed by atoms with E-state index < -0.39 is 0 Å². The maximum atomic E-state index is 6.49.